The highest BCUT2D eigenvalue weighted by Gasteiger charge is 2.35. The molecular weight excluding hydrogens is 343 g/mol. The Morgan fingerprint density at radius 3 is 2.15 bits per heavy atom. The minimum atomic E-state index is -4.55. The van der Waals surface area contributed by atoms with Gasteiger partial charge in [0, 0.05) is 25.2 Å². The first-order valence-electron chi connectivity index (χ1n) is 7.82. The van der Waals surface area contributed by atoms with Gasteiger partial charge in [-0.05, 0) is 30.3 Å². The first-order chi connectivity index (χ1) is 12.3. The molecule has 0 N–H and O–H groups in total. The second-order valence-electron chi connectivity index (χ2n) is 5.94. The third kappa shape index (κ3) is 3.46. The Kier molecular flexibility index (Phi) is 4.54. The number of aromatic nitrogens is 2. The standard InChI is InChI=1S/C19H16F3N3O/c1-24(2)18(26)14-10-8-13(9-11-14)16-12-17(19(20,21)22)23-25(16)15-6-4-3-5-7-15/h3-12H,1-2H3. The number of alkyl halides is 3. The lowest BCUT2D eigenvalue weighted by Crippen LogP contribution is -2.21. The monoisotopic (exact) mass is 359 g/mol. The van der Waals surface area contributed by atoms with Crippen molar-refractivity contribution in [2.24, 2.45) is 0 Å². The fourth-order valence-corrected chi connectivity index (χ4v) is 2.53. The van der Waals surface area contributed by atoms with Crippen molar-refractivity contribution in [1.82, 2.24) is 14.7 Å². The van der Waals surface area contributed by atoms with E-state index in [2.05, 4.69) is 5.10 Å². The van der Waals surface area contributed by atoms with Crippen molar-refractivity contribution in [3.8, 4) is 16.9 Å². The van der Waals surface area contributed by atoms with Crippen LogP contribution >= 0.6 is 0 Å². The highest BCUT2D eigenvalue weighted by atomic mass is 19.4. The predicted molar refractivity (Wildman–Crippen MR) is 92.0 cm³/mol. The fourth-order valence-electron chi connectivity index (χ4n) is 2.53. The van der Waals surface area contributed by atoms with Gasteiger partial charge in [-0.2, -0.15) is 18.3 Å². The summed E-state index contributed by atoms with van der Waals surface area (Å²) in [6.45, 7) is 0. The summed E-state index contributed by atoms with van der Waals surface area (Å²) in [5, 5.41) is 3.73. The van der Waals surface area contributed by atoms with Crippen LogP contribution in [0.2, 0.25) is 0 Å². The molecule has 1 heterocycles. The first kappa shape index (κ1) is 17.7. The highest BCUT2D eigenvalue weighted by Crippen LogP contribution is 2.33. The van der Waals surface area contributed by atoms with E-state index in [9.17, 15) is 18.0 Å². The second-order valence-corrected chi connectivity index (χ2v) is 5.94. The number of benzene rings is 2. The largest absolute Gasteiger partial charge is 0.435 e. The van der Waals surface area contributed by atoms with E-state index in [1.54, 1.807) is 68.7 Å². The van der Waals surface area contributed by atoms with Gasteiger partial charge in [-0.15, -0.1) is 0 Å². The average molecular weight is 359 g/mol. The molecule has 0 radical (unpaired) electrons. The predicted octanol–water partition coefficient (Wildman–Crippen LogP) is 4.26. The van der Waals surface area contributed by atoms with E-state index in [1.165, 1.54) is 9.58 Å². The van der Waals surface area contributed by atoms with Crippen molar-refractivity contribution < 1.29 is 18.0 Å². The Labute approximate surface area is 148 Å². The molecule has 0 saturated heterocycles. The Morgan fingerprint density at radius 2 is 1.62 bits per heavy atom. The molecule has 134 valence electrons. The zero-order valence-corrected chi connectivity index (χ0v) is 14.2. The molecule has 0 spiro atoms. The van der Waals surface area contributed by atoms with Crippen LogP contribution in [-0.2, 0) is 6.18 Å². The fraction of sp³-hybridized carbons (Fsp3) is 0.158. The summed E-state index contributed by atoms with van der Waals surface area (Å²) >= 11 is 0. The van der Waals surface area contributed by atoms with Crippen LogP contribution in [0, 0.1) is 0 Å². The van der Waals surface area contributed by atoms with Crippen LogP contribution in [0.4, 0.5) is 13.2 Å². The van der Waals surface area contributed by atoms with E-state index in [1.807, 2.05) is 0 Å². The lowest BCUT2D eigenvalue weighted by molar-refractivity contribution is -0.141. The van der Waals surface area contributed by atoms with Crippen molar-refractivity contribution >= 4 is 5.91 Å². The zero-order valence-electron chi connectivity index (χ0n) is 14.2. The van der Waals surface area contributed by atoms with Crippen LogP contribution in [0.25, 0.3) is 16.9 Å². The van der Waals surface area contributed by atoms with E-state index in [0.717, 1.165) is 6.07 Å². The van der Waals surface area contributed by atoms with Gasteiger partial charge < -0.3 is 4.90 Å². The molecule has 0 aliphatic heterocycles. The minimum absolute atomic E-state index is 0.177. The van der Waals surface area contributed by atoms with Gasteiger partial charge in [0.05, 0.1) is 11.4 Å². The molecule has 26 heavy (non-hydrogen) atoms. The van der Waals surface area contributed by atoms with Gasteiger partial charge in [0.15, 0.2) is 5.69 Å². The molecule has 0 unspecified atom stereocenters. The van der Waals surface area contributed by atoms with E-state index in [4.69, 9.17) is 0 Å². The summed E-state index contributed by atoms with van der Waals surface area (Å²) in [6, 6.07) is 16.0. The molecule has 0 bridgehead atoms. The summed E-state index contributed by atoms with van der Waals surface area (Å²) in [5.41, 5.74) is 0.844. The lowest BCUT2D eigenvalue weighted by atomic mass is 10.1. The molecule has 2 aromatic carbocycles. The Hall–Kier alpha value is -3.09. The van der Waals surface area contributed by atoms with E-state index in [-0.39, 0.29) is 5.91 Å². The van der Waals surface area contributed by atoms with Gasteiger partial charge in [-0.1, -0.05) is 30.3 Å². The van der Waals surface area contributed by atoms with Crippen molar-refractivity contribution in [2.75, 3.05) is 14.1 Å². The molecule has 7 heteroatoms. The number of amides is 1. The second kappa shape index (κ2) is 6.67. The maximum Gasteiger partial charge on any atom is 0.435 e. The first-order valence-corrected chi connectivity index (χ1v) is 7.82. The number of hydrogen-bond donors (Lipinski definition) is 0. The third-order valence-electron chi connectivity index (χ3n) is 3.83. The van der Waals surface area contributed by atoms with Gasteiger partial charge in [0.2, 0.25) is 0 Å². The SMILES string of the molecule is CN(C)C(=O)c1ccc(-c2cc(C(F)(F)F)nn2-c2ccccc2)cc1. The van der Waals surface area contributed by atoms with Crippen molar-refractivity contribution in [1.29, 1.82) is 0 Å². The Bertz CT molecular complexity index is 913. The summed E-state index contributed by atoms with van der Waals surface area (Å²) in [6.07, 6.45) is -4.55. The minimum Gasteiger partial charge on any atom is -0.345 e. The summed E-state index contributed by atoms with van der Waals surface area (Å²) in [4.78, 5) is 13.4. The maximum atomic E-state index is 13.1. The average Bonchev–Trinajstić information content (AvgIpc) is 3.07. The molecule has 0 fully saturated rings. The third-order valence-corrected chi connectivity index (χ3v) is 3.83. The lowest BCUT2D eigenvalue weighted by Gasteiger charge is -2.11. The van der Waals surface area contributed by atoms with Gasteiger partial charge >= 0.3 is 6.18 Å². The van der Waals surface area contributed by atoms with E-state index < -0.39 is 11.9 Å². The molecule has 3 rings (SSSR count). The van der Waals surface area contributed by atoms with Crippen LogP contribution in [0.3, 0.4) is 0 Å². The quantitative estimate of drug-likeness (QED) is 0.701. The summed E-state index contributed by atoms with van der Waals surface area (Å²) in [7, 11) is 3.27. The van der Waals surface area contributed by atoms with Crippen LogP contribution in [-0.4, -0.2) is 34.7 Å². The van der Waals surface area contributed by atoms with Gasteiger partial charge in [-0.3, -0.25) is 4.79 Å². The van der Waals surface area contributed by atoms with Gasteiger partial charge in [0.1, 0.15) is 0 Å². The zero-order chi connectivity index (χ0) is 18.9. The van der Waals surface area contributed by atoms with E-state index in [0.29, 0.717) is 22.5 Å². The Morgan fingerprint density at radius 1 is 1.00 bits per heavy atom. The molecule has 0 saturated carbocycles. The highest BCUT2D eigenvalue weighted by molar-refractivity contribution is 5.94. The number of halogens is 3. The topological polar surface area (TPSA) is 38.1 Å². The maximum absolute atomic E-state index is 13.1. The number of para-hydroxylation sites is 1. The molecule has 1 amide bonds. The molecule has 0 atom stereocenters. The molecule has 0 aliphatic rings. The number of nitrogens with zero attached hydrogens (tertiary/aromatic N) is 3. The summed E-state index contributed by atoms with van der Waals surface area (Å²) < 4.78 is 40.7. The van der Waals surface area contributed by atoms with Gasteiger partial charge in [0.25, 0.3) is 5.91 Å². The normalized spacial score (nSPS) is 11.4. The van der Waals surface area contributed by atoms with Crippen LogP contribution in [0.5, 0.6) is 0 Å². The van der Waals surface area contributed by atoms with Crippen LogP contribution in [0.1, 0.15) is 16.1 Å². The molecular formula is C19H16F3N3O. The number of carbonyl (C=O) groups is 1. The number of hydrogen-bond acceptors (Lipinski definition) is 2. The Balaban J connectivity index is 2.09. The molecule has 3 aromatic rings. The van der Waals surface area contributed by atoms with Crippen LogP contribution < -0.4 is 0 Å². The smallest absolute Gasteiger partial charge is 0.345 e. The van der Waals surface area contributed by atoms with Crippen molar-refractivity contribution in [3.63, 3.8) is 0 Å². The van der Waals surface area contributed by atoms with Crippen molar-refractivity contribution in [3.05, 3.63) is 71.9 Å². The number of rotatable bonds is 3. The summed E-state index contributed by atoms with van der Waals surface area (Å²) in [5.74, 6) is -0.177. The number of carbonyl (C=O) groups excluding carboxylic acids is 1. The van der Waals surface area contributed by atoms with Gasteiger partial charge in [-0.25, -0.2) is 4.68 Å². The van der Waals surface area contributed by atoms with E-state index >= 15 is 0 Å². The van der Waals surface area contributed by atoms with Crippen molar-refractivity contribution in [2.45, 2.75) is 6.18 Å². The molecule has 0 aliphatic carbocycles. The molecule has 4 nitrogen and oxygen atoms in total. The molecule has 1 aromatic heterocycles. The van der Waals surface area contributed by atoms with Crippen LogP contribution in [0.15, 0.2) is 60.7 Å².